The summed E-state index contributed by atoms with van der Waals surface area (Å²) in [5, 5.41) is 0. The Labute approximate surface area is 118 Å². The summed E-state index contributed by atoms with van der Waals surface area (Å²) in [5.41, 5.74) is 4.44. The minimum atomic E-state index is -0.376. The Morgan fingerprint density at radius 2 is 2.00 bits per heavy atom. The molecule has 0 bridgehead atoms. The van der Waals surface area contributed by atoms with Crippen molar-refractivity contribution in [3.05, 3.63) is 52.8 Å². The third-order valence-electron chi connectivity index (χ3n) is 3.47. The number of aromatic nitrogens is 1. The van der Waals surface area contributed by atoms with Gasteiger partial charge in [0.25, 0.3) is 0 Å². The number of ether oxygens (including phenoxy) is 1. The molecule has 0 spiro atoms. The number of aliphatic imine (C=N–C) groups is 1. The van der Waals surface area contributed by atoms with Crippen molar-refractivity contribution in [3.63, 3.8) is 0 Å². The number of rotatable bonds is 3. The molecule has 1 aromatic heterocycles. The van der Waals surface area contributed by atoms with Crippen LogP contribution in [0.1, 0.15) is 27.3 Å². The molecule has 1 heterocycles. The van der Waals surface area contributed by atoms with Gasteiger partial charge in [-0.3, -0.25) is 4.99 Å². The fourth-order valence-corrected chi connectivity index (χ4v) is 2.02. The van der Waals surface area contributed by atoms with E-state index in [1.807, 2.05) is 27.0 Å². The standard InChI is InChI=1S/C16H18N2O2/c1-11-9-13(12(2)18(11)3)10-17-15-8-6-5-7-14(15)16(19)20-4/h5-10H,1-4H3. The molecule has 2 aromatic rings. The molecule has 4 nitrogen and oxygen atoms in total. The van der Waals surface area contributed by atoms with E-state index in [4.69, 9.17) is 4.74 Å². The van der Waals surface area contributed by atoms with Crippen LogP contribution >= 0.6 is 0 Å². The zero-order valence-corrected chi connectivity index (χ0v) is 12.2. The zero-order chi connectivity index (χ0) is 14.7. The van der Waals surface area contributed by atoms with Crippen LogP contribution in [0.3, 0.4) is 0 Å². The summed E-state index contributed by atoms with van der Waals surface area (Å²) in [6.45, 7) is 4.09. The second-order valence-electron chi connectivity index (χ2n) is 4.65. The number of nitrogens with zero attached hydrogens (tertiary/aromatic N) is 2. The molecule has 0 saturated carbocycles. The van der Waals surface area contributed by atoms with Crippen LogP contribution in [0.2, 0.25) is 0 Å². The molecule has 0 fully saturated rings. The molecule has 1 aromatic carbocycles. The molecule has 104 valence electrons. The Kier molecular flexibility index (Phi) is 4.03. The highest BCUT2D eigenvalue weighted by Gasteiger charge is 2.10. The maximum atomic E-state index is 11.7. The van der Waals surface area contributed by atoms with Crippen molar-refractivity contribution in [1.29, 1.82) is 0 Å². The minimum Gasteiger partial charge on any atom is -0.465 e. The highest BCUT2D eigenvalue weighted by molar-refractivity contribution is 5.96. The molecule has 0 aliphatic carbocycles. The lowest BCUT2D eigenvalue weighted by Gasteiger charge is -2.03. The molecule has 2 rings (SSSR count). The van der Waals surface area contributed by atoms with Crippen molar-refractivity contribution in [2.75, 3.05) is 7.11 Å². The van der Waals surface area contributed by atoms with E-state index in [9.17, 15) is 4.79 Å². The highest BCUT2D eigenvalue weighted by atomic mass is 16.5. The fraction of sp³-hybridized carbons (Fsp3) is 0.250. The van der Waals surface area contributed by atoms with Crippen LogP contribution in [0.4, 0.5) is 5.69 Å². The van der Waals surface area contributed by atoms with Gasteiger partial charge in [0.15, 0.2) is 0 Å². The summed E-state index contributed by atoms with van der Waals surface area (Å²) >= 11 is 0. The largest absolute Gasteiger partial charge is 0.465 e. The van der Waals surface area contributed by atoms with E-state index in [1.54, 1.807) is 24.4 Å². The van der Waals surface area contributed by atoms with Gasteiger partial charge in [0, 0.05) is 30.2 Å². The van der Waals surface area contributed by atoms with Crippen molar-refractivity contribution in [2.45, 2.75) is 13.8 Å². The molecule has 0 atom stereocenters. The van der Waals surface area contributed by atoms with Crippen molar-refractivity contribution >= 4 is 17.9 Å². The first kappa shape index (κ1) is 14.1. The third-order valence-corrected chi connectivity index (χ3v) is 3.47. The Morgan fingerprint density at radius 1 is 1.30 bits per heavy atom. The van der Waals surface area contributed by atoms with Crippen LogP contribution in [0.15, 0.2) is 35.3 Å². The molecular weight excluding hydrogens is 252 g/mol. The molecule has 0 saturated heterocycles. The van der Waals surface area contributed by atoms with E-state index in [0.717, 1.165) is 11.3 Å². The van der Waals surface area contributed by atoms with Gasteiger partial charge in [0.1, 0.15) is 0 Å². The summed E-state index contributed by atoms with van der Waals surface area (Å²) < 4.78 is 6.86. The Bertz CT molecular complexity index is 669. The molecule has 4 heteroatoms. The number of hydrogen-bond donors (Lipinski definition) is 0. The number of methoxy groups -OCH3 is 1. The lowest BCUT2D eigenvalue weighted by Crippen LogP contribution is -2.01. The number of esters is 1. The lowest BCUT2D eigenvalue weighted by molar-refractivity contribution is 0.0601. The van der Waals surface area contributed by atoms with Crippen LogP contribution in [0.5, 0.6) is 0 Å². The Hall–Kier alpha value is -2.36. The molecule has 0 amide bonds. The monoisotopic (exact) mass is 270 g/mol. The molecule has 0 aliphatic heterocycles. The Balaban J connectivity index is 2.37. The van der Waals surface area contributed by atoms with Gasteiger partial charge in [-0.15, -0.1) is 0 Å². The summed E-state index contributed by atoms with van der Waals surface area (Å²) in [4.78, 5) is 16.1. The van der Waals surface area contributed by atoms with Gasteiger partial charge >= 0.3 is 5.97 Å². The van der Waals surface area contributed by atoms with Crippen LogP contribution in [-0.4, -0.2) is 23.9 Å². The van der Waals surface area contributed by atoms with Gasteiger partial charge in [-0.25, -0.2) is 4.79 Å². The summed E-state index contributed by atoms with van der Waals surface area (Å²) in [6.07, 6.45) is 1.78. The maximum Gasteiger partial charge on any atom is 0.340 e. The SMILES string of the molecule is COC(=O)c1ccccc1N=Cc1cc(C)n(C)c1C. The van der Waals surface area contributed by atoms with Gasteiger partial charge in [0.2, 0.25) is 0 Å². The average molecular weight is 270 g/mol. The van der Waals surface area contributed by atoms with Crippen molar-refractivity contribution < 1.29 is 9.53 Å². The van der Waals surface area contributed by atoms with Crippen molar-refractivity contribution in [3.8, 4) is 0 Å². The van der Waals surface area contributed by atoms with Crippen LogP contribution in [0, 0.1) is 13.8 Å². The van der Waals surface area contributed by atoms with E-state index in [1.165, 1.54) is 12.8 Å². The summed E-state index contributed by atoms with van der Waals surface area (Å²) in [5.74, 6) is -0.376. The predicted octanol–water partition coefficient (Wildman–Crippen LogP) is 3.18. The van der Waals surface area contributed by atoms with E-state index in [2.05, 4.69) is 15.6 Å². The van der Waals surface area contributed by atoms with E-state index < -0.39 is 0 Å². The second-order valence-corrected chi connectivity index (χ2v) is 4.65. The summed E-state index contributed by atoms with van der Waals surface area (Å²) in [6, 6.07) is 9.22. The molecule has 0 radical (unpaired) electrons. The maximum absolute atomic E-state index is 11.7. The first-order chi connectivity index (χ1) is 9.54. The van der Waals surface area contributed by atoms with Crippen LogP contribution in [-0.2, 0) is 11.8 Å². The third kappa shape index (κ3) is 2.64. The van der Waals surface area contributed by atoms with Gasteiger partial charge < -0.3 is 9.30 Å². The van der Waals surface area contributed by atoms with Crippen molar-refractivity contribution in [1.82, 2.24) is 4.57 Å². The van der Waals surface area contributed by atoms with Gasteiger partial charge in [-0.2, -0.15) is 0 Å². The van der Waals surface area contributed by atoms with Crippen LogP contribution in [0.25, 0.3) is 0 Å². The number of carbonyl (C=O) groups excluding carboxylic acids is 1. The minimum absolute atomic E-state index is 0.376. The Morgan fingerprint density at radius 3 is 2.60 bits per heavy atom. The number of aryl methyl sites for hydroxylation is 1. The second kappa shape index (κ2) is 5.74. The fourth-order valence-electron chi connectivity index (χ4n) is 2.02. The van der Waals surface area contributed by atoms with E-state index in [0.29, 0.717) is 11.3 Å². The normalized spacial score (nSPS) is 11.0. The molecule has 0 aliphatic rings. The number of hydrogen-bond acceptors (Lipinski definition) is 3. The molecule has 0 N–H and O–H groups in total. The topological polar surface area (TPSA) is 43.6 Å². The zero-order valence-electron chi connectivity index (χ0n) is 12.2. The molecular formula is C16H18N2O2. The van der Waals surface area contributed by atoms with Gasteiger partial charge in [0.05, 0.1) is 18.4 Å². The quantitative estimate of drug-likeness (QED) is 0.635. The number of carbonyl (C=O) groups is 1. The van der Waals surface area contributed by atoms with Crippen molar-refractivity contribution in [2.24, 2.45) is 12.0 Å². The van der Waals surface area contributed by atoms with Crippen LogP contribution < -0.4 is 0 Å². The predicted molar refractivity (Wildman–Crippen MR) is 79.9 cm³/mol. The lowest BCUT2D eigenvalue weighted by atomic mass is 10.2. The first-order valence-electron chi connectivity index (χ1n) is 6.39. The first-order valence-corrected chi connectivity index (χ1v) is 6.39. The van der Waals surface area contributed by atoms with E-state index in [-0.39, 0.29) is 5.97 Å². The summed E-state index contributed by atoms with van der Waals surface area (Å²) in [7, 11) is 3.39. The highest BCUT2D eigenvalue weighted by Crippen LogP contribution is 2.20. The van der Waals surface area contributed by atoms with Gasteiger partial charge in [-0.05, 0) is 32.0 Å². The molecule has 0 unspecified atom stereocenters. The van der Waals surface area contributed by atoms with Gasteiger partial charge in [-0.1, -0.05) is 12.1 Å². The number of benzene rings is 1. The average Bonchev–Trinajstić information content (AvgIpc) is 2.72. The smallest absolute Gasteiger partial charge is 0.340 e. The number of para-hydroxylation sites is 1. The molecule has 20 heavy (non-hydrogen) atoms. The van der Waals surface area contributed by atoms with E-state index >= 15 is 0 Å².